The molecule has 18 heavy (non-hydrogen) atoms. The van der Waals surface area contributed by atoms with Gasteiger partial charge in [0.2, 0.25) is 0 Å². The SMILES string of the molecule is O=C(O)c1cccc(CSc2nccc(=O)[nH]2)n1. The number of aromatic amines is 1. The molecule has 2 aromatic rings. The Kier molecular flexibility index (Phi) is 3.73. The van der Waals surface area contributed by atoms with Crippen molar-refractivity contribution in [1.82, 2.24) is 15.0 Å². The van der Waals surface area contributed by atoms with E-state index < -0.39 is 5.97 Å². The van der Waals surface area contributed by atoms with Crippen LogP contribution >= 0.6 is 11.8 Å². The van der Waals surface area contributed by atoms with Gasteiger partial charge in [0.25, 0.3) is 5.56 Å². The molecule has 0 atom stereocenters. The Morgan fingerprint density at radius 2 is 2.22 bits per heavy atom. The Bertz CT molecular complexity index is 627. The molecule has 0 aliphatic heterocycles. The molecule has 0 spiro atoms. The normalized spacial score (nSPS) is 10.2. The van der Waals surface area contributed by atoms with Crippen molar-refractivity contribution in [3.05, 3.63) is 52.2 Å². The van der Waals surface area contributed by atoms with Crippen LogP contribution < -0.4 is 5.56 Å². The van der Waals surface area contributed by atoms with E-state index in [-0.39, 0.29) is 11.3 Å². The van der Waals surface area contributed by atoms with Gasteiger partial charge in [-0.05, 0) is 12.1 Å². The van der Waals surface area contributed by atoms with Gasteiger partial charge in [0.15, 0.2) is 5.16 Å². The number of carboxylic acid groups (broad SMARTS) is 1. The number of carboxylic acids is 1. The second-order valence-electron chi connectivity index (χ2n) is 3.35. The van der Waals surface area contributed by atoms with Crippen LogP contribution in [0.5, 0.6) is 0 Å². The first kappa shape index (κ1) is 12.3. The van der Waals surface area contributed by atoms with E-state index in [4.69, 9.17) is 5.11 Å². The van der Waals surface area contributed by atoms with E-state index in [1.165, 1.54) is 30.1 Å². The minimum atomic E-state index is -1.06. The minimum Gasteiger partial charge on any atom is -0.477 e. The van der Waals surface area contributed by atoms with Crippen molar-refractivity contribution in [3.63, 3.8) is 0 Å². The fourth-order valence-electron chi connectivity index (χ4n) is 1.25. The number of aromatic carboxylic acids is 1. The molecule has 0 saturated carbocycles. The van der Waals surface area contributed by atoms with Gasteiger partial charge in [0.1, 0.15) is 5.69 Å². The average Bonchev–Trinajstić information content (AvgIpc) is 2.37. The van der Waals surface area contributed by atoms with Gasteiger partial charge in [0.05, 0.1) is 5.69 Å². The highest BCUT2D eigenvalue weighted by Gasteiger charge is 2.05. The number of nitrogens with one attached hydrogen (secondary N) is 1. The van der Waals surface area contributed by atoms with Crippen molar-refractivity contribution in [1.29, 1.82) is 0 Å². The van der Waals surface area contributed by atoms with Crippen molar-refractivity contribution in [2.45, 2.75) is 10.9 Å². The molecule has 6 nitrogen and oxygen atoms in total. The van der Waals surface area contributed by atoms with E-state index in [2.05, 4.69) is 15.0 Å². The first-order valence-corrected chi connectivity index (χ1v) is 6.01. The number of hydrogen-bond donors (Lipinski definition) is 2. The molecule has 2 N–H and O–H groups in total. The Morgan fingerprint density at radius 3 is 2.94 bits per heavy atom. The van der Waals surface area contributed by atoms with Gasteiger partial charge in [-0.25, -0.2) is 14.8 Å². The van der Waals surface area contributed by atoms with Gasteiger partial charge in [0, 0.05) is 18.0 Å². The van der Waals surface area contributed by atoms with Gasteiger partial charge in [-0.2, -0.15) is 0 Å². The molecular weight excluding hydrogens is 254 g/mol. The zero-order valence-electron chi connectivity index (χ0n) is 9.16. The monoisotopic (exact) mass is 263 g/mol. The first-order chi connectivity index (χ1) is 8.65. The van der Waals surface area contributed by atoms with Gasteiger partial charge in [-0.15, -0.1) is 0 Å². The van der Waals surface area contributed by atoms with Crippen molar-refractivity contribution in [2.24, 2.45) is 0 Å². The zero-order valence-corrected chi connectivity index (χ0v) is 9.98. The smallest absolute Gasteiger partial charge is 0.354 e. The quantitative estimate of drug-likeness (QED) is 0.634. The maximum atomic E-state index is 11.0. The van der Waals surface area contributed by atoms with Crippen molar-refractivity contribution < 1.29 is 9.90 Å². The predicted octanol–water partition coefficient (Wildman–Crippen LogP) is 1.16. The third-order valence-corrected chi connectivity index (χ3v) is 2.95. The number of hydrogen-bond acceptors (Lipinski definition) is 5. The maximum Gasteiger partial charge on any atom is 0.354 e. The summed E-state index contributed by atoms with van der Waals surface area (Å²) in [6.45, 7) is 0. The molecule has 0 aliphatic carbocycles. The molecule has 2 rings (SSSR count). The van der Waals surface area contributed by atoms with Crippen molar-refractivity contribution in [2.75, 3.05) is 0 Å². The highest BCUT2D eigenvalue weighted by atomic mass is 32.2. The molecule has 92 valence electrons. The molecule has 0 bridgehead atoms. The van der Waals surface area contributed by atoms with E-state index in [1.807, 2.05) is 0 Å². The van der Waals surface area contributed by atoms with Crippen LogP contribution in [0, 0.1) is 0 Å². The highest BCUT2D eigenvalue weighted by molar-refractivity contribution is 7.98. The molecule has 0 fully saturated rings. The average molecular weight is 263 g/mol. The second kappa shape index (κ2) is 5.46. The van der Waals surface area contributed by atoms with E-state index >= 15 is 0 Å². The van der Waals surface area contributed by atoms with Crippen LogP contribution in [0.1, 0.15) is 16.2 Å². The molecule has 2 heterocycles. The molecular formula is C11H9N3O3S. The summed E-state index contributed by atoms with van der Waals surface area (Å²) in [5.41, 5.74) is 0.397. The number of thioether (sulfide) groups is 1. The van der Waals surface area contributed by atoms with E-state index in [9.17, 15) is 9.59 Å². The van der Waals surface area contributed by atoms with Crippen LogP contribution in [0.2, 0.25) is 0 Å². The Hall–Kier alpha value is -2.15. The Balaban J connectivity index is 2.08. The van der Waals surface area contributed by atoms with Crippen LogP contribution in [0.3, 0.4) is 0 Å². The van der Waals surface area contributed by atoms with Crippen LogP contribution in [0.4, 0.5) is 0 Å². The number of H-pyrrole nitrogens is 1. The van der Waals surface area contributed by atoms with Crippen LogP contribution in [-0.4, -0.2) is 26.0 Å². The number of carbonyl (C=O) groups is 1. The van der Waals surface area contributed by atoms with E-state index in [1.54, 1.807) is 12.1 Å². The molecule has 7 heteroatoms. The van der Waals surface area contributed by atoms with Gasteiger partial charge < -0.3 is 10.1 Å². The highest BCUT2D eigenvalue weighted by Crippen LogP contribution is 2.16. The van der Waals surface area contributed by atoms with E-state index in [0.29, 0.717) is 16.6 Å². The minimum absolute atomic E-state index is 0.00242. The molecule has 2 aromatic heterocycles. The molecule has 0 amide bonds. The van der Waals surface area contributed by atoms with Crippen LogP contribution in [0.15, 0.2) is 40.4 Å². The summed E-state index contributed by atoms with van der Waals surface area (Å²) >= 11 is 1.29. The predicted molar refractivity (Wildman–Crippen MR) is 65.6 cm³/mol. The summed E-state index contributed by atoms with van der Waals surface area (Å²) in [5, 5.41) is 9.28. The standard InChI is InChI=1S/C11H9N3O3S/c15-9-4-5-12-11(14-9)18-6-7-2-1-3-8(13-7)10(16)17/h1-5H,6H2,(H,16,17)(H,12,14,15). The topological polar surface area (TPSA) is 95.9 Å². The van der Waals surface area contributed by atoms with Gasteiger partial charge in [-0.1, -0.05) is 17.8 Å². The fraction of sp³-hybridized carbons (Fsp3) is 0.0909. The van der Waals surface area contributed by atoms with Crippen LogP contribution in [-0.2, 0) is 5.75 Å². The van der Waals surface area contributed by atoms with Crippen LogP contribution in [0.25, 0.3) is 0 Å². The maximum absolute atomic E-state index is 11.0. The molecule has 0 saturated heterocycles. The summed E-state index contributed by atoms with van der Waals surface area (Å²) < 4.78 is 0. The summed E-state index contributed by atoms with van der Waals surface area (Å²) in [6, 6.07) is 6.11. The second-order valence-corrected chi connectivity index (χ2v) is 4.31. The number of aromatic nitrogens is 3. The third kappa shape index (κ3) is 3.17. The molecule has 0 aromatic carbocycles. The number of rotatable bonds is 4. The van der Waals surface area contributed by atoms with Crippen molar-refractivity contribution in [3.8, 4) is 0 Å². The molecule has 0 radical (unpaired) electrons. The third-order valence-electron chi connectivity index (χ3n) is 2.03. The molecule has 0 unspecified atom stereocenters. The lowest BCUT2D eigenvalue weighted by atomic mass is 10.3. The molecule has 0 aliphatic rings. The van der Waals surface area contributed by atoms with Gasteiger partial charge in [-0.3, -0.25) is 4.79 Å². The lowest BCUT2D eigenvalue weighted by Gasteiger charge is -2.01. The summed E-state index contributed by atoms with van der Waals surface area (Å²) in [7, 11) is 0. The lowest BCUT2D eigenvalue weighted by Crippen LogP contribution is -2.05. The Morgan fingerprint density at radius 1 is 1.39 bits per heavy atom. The zero-order chi connectivity index (χ0) is 13.0. The first-order valence-electron chi connectivity index (χ1n) is 5.02. The number of pyridine rings is 1. The summed E-state index contributed by atoms with van der Waals surface area (Å²) in [6.07, 6.45) is 1.42. The van der Waals surface area contributed by atoms with E-state index in [0.717, 1.165) is 0 Å². The number of nitrogens with zero attached hydrogens (tertiary/aromatic N) is 2. The lowest BCUT2D eigenvalue weighted by molar-refractivity contribution is 0.0690. The fourth-order valence-corrected chi connectivity index (χ4v) is 2.00. The summed E-state index contributed by atoms with van der Waals surface area (Å²) in [4.78, 5) is 32.3. The summed E-state index contributed by atoms with van der Waals surface area (Å²) in [5.74, 6) is -0.623. The largest absolute Gasteiger partial charge is 0.477 e. The van der Waals surface area contributed by atoms with Crippen molar-refractivity contribution >= 4 is 17.7 Å². The Labute approximate surface area is 106 Å². The van der Waals surface area contributed by atoms with Gasteiger partial charge >= 0.3 is 5.97 Å².